The van der Waals surface area contributed by atoms with Gasteiger partial charge in [-0.25, -0.2) is 8.78 Å². The molecule has 1 aliphatic rings. The van der Waals surface area contributed by atoms with Gasteiger partial charge in [0.1, 0.15) is 17.3 Å². The Kier molecular flexibility index (Phi) is 5.94. The first-order chi connectivity index (χ1) is 10.1. The first-order valence-electron chi connectivity index (χ1n) is 7.63. The van der Waals surface area contributed by atoms with Gasteiger partial charge in [0.15, 0.2) is 0 Å². The summed E-state index contributed by atoms with van der Waals surface area (Å²) in [6, 6.07) is 2.82. The van der Waals surface area contributed by atoms with Gasteiger partial charge in [-0.15, -0.1) is 0 Å². The molecule has 21 heavy (non-hydrogen) atoms. The molecule has 0 spiro atoms. The number of ether oxygens (including phenoxy) is 1. The van der Waals surface area contributed by atoms with Crippen LogP contribution in [0.15, 0.2) is 12.1 Å². The number of halogens is 2. The molecule has 0 aliphatic carbocycles. The van der Waals surface area contributed by atoms with Crippen LogP contribution in [-0.4, -0.2) is 32.8 Å². The Labute approximate surface area is 125 Å². The molecule has 3 nitrogen and oxygen atoms in total. The van der Waals surface area contributed by atoms with E-state index in [9.17, 15) is 8.78 Å². The summed E-state index contributed by atoms with van der Waals surface area (Å²) in [7, 11) is 1.71. The molecule has 1 heterocycles. The molecule has 1 fully saturated rings. The molecule has 2 rings (SSSR count). The summed E-state index contributed by atoms with van der Waals surface area (Å²) in [5, 5.41) is 3.15. The van der Waals surface area contributed by atoms with E-state index in [1.54, 1.807) is 11.9 Å². The maximum atomic E-state index is 14.2. The lowest BCUT2D eigenvalue weighted by molar-refractivity contribution is 0.116. The zero-order valence-corrected chi connectivity index (χ0v) is 12.8. The molecule has 0 saturated carbocycles. The highest BCUT2D eigenvalue weighted by atomic mass is 19.1. The number of nitrogens with zero attached hydrogens (tertiary/aromatic N) is 1. The Hall–Kier alpha value is -1.20. The molecule has 1 aromatic carbocycles. The zero-order valence-electron chi connectivity index (χ0n) is 12.8. The summed E-state index contributed by atoms with van der Waals surface area (Å²) in [5.41, 5.74) is 0.664. The van der Waals surface area contributed by atoms with Gasteiger partial charge in [0, 0.05) is 26.7 Å². The Morgan fingerprint density at radius 1 is 1.33 bits per heavy atom. The lowest BCUT2D eigenvalue weighted by Gasteiger charge is -2.24. The first-order valence-corrected chi connectivity index (χ1v) is 7.63. The van der Waals surface area contributed by atoms with Crippen LogP contribution in [0.4, 0.5) is 14.5 Å². The smallest absolute Gasteiger partial charge is 0.149 e. The minimum Gasteiger partial charge on any atom is -0.376 e. The maximum absolute atomic E-state index is 14.2. The Bertz CT molecular complexity index is 439. The van der Waals surface area contributed by atoms with Gasteiger partial charge < -0.3 is 15.0 Å². The number of likely N-dealkylation sites (N-methyl/N-ethyl adjacent to an activating group) is 1. The molecule has 1 N–H and O–H groups in total. The molecule has 1 saturated heterocycles. The van der Waals surface area contributed by atoms with Gasteiger partial charge in [0.05, 0.1) is 6.10 Å². The highest BCUT2D eigenvalue weighted by molar-refractivity contribution is 5.50. The van der Waals surface area contributed by atoms with Crippen molar-refractivity contribution in [1.82, 2.24) is 5.32 Å². The first kappa shape index (κ1) is 16.2. The third kappa shape index (κ3) is 4.38. The Morgan fingerprint density at radius 3 is 2.62 bits per heavy atom. The van der Waals surface area contributed by atoms with Crippen LogP contribution in [0.2, 0.25) is 0 Å². The van der Waals surface area contributed by atoms with Crippen molar-refractivity contribution >= 4 is 5.69 Å². The number of benzene rings is 1. The van der Waals surface area contributed by atoms with E-state index in [0.29, 0.717) is 18.7 Å². The van der Waals surface area contributed by atoms with Crippen LogP contribution in [0.1, 0.15) is 31.7 Å². The van der Waals surface area contributed by atoms with Gasteiger partial charge in [-0.1, -0.05) is 6.92 Å². The lowest BCUT2D eigenvalue weighted by Crippen LogP contribution is -2.30. The molecular weight excluding hydrogens is 274 g/mol. The molecule has 1 atom stereocenters. The van der Waals surface area contributed by atoms with Crippen molar-refractivity contribution < 1.29 is 13.5 Å². The fourth-order valence-corrected chi connectivity index (χ4v) is 2.68. The molecule has 0 amide bonds. The average molecular weight is 298 g/mol. The van der Waals surface area contributed by atoms with Gasteiger partial charge in [0.2, 0.25) is 0 Å². The van der Waals surface area contributed by atoms with Crippen molar-refractivity contribution in [2.45, 2.75) is 38.8 Å². The summed E-state index contributed by atoms with van der Waals surface area (Å²) in [5.74, 6) is -1.02. The number of hydrogen-bond acceptors (Lipinski definition) is 3. The van der Waals surface area contributed by atoms with E-state index < -0.39 is 11.6 Å². The number of rotatable bonds is 7. The van der Waals surface area contributed by atoms with Gasteiger partial charge in [0.25, 0.3) is 0 Å². The van der Waals surface area contributed by atoms with Crippen molar-refractivity contribution in [2.24, 2.45) is 0 Å². The van der Waals surface area contributed by atoms with E-state index >= 15 is 0 Å². The maximum Gasteiger partial charge on any atom is 0.149 e. The molecule has 0 bridgehead atoms. The number of nitrogens with one attached hydrogen (secondary N) is 1. The van der Waals surface area contributed by atoms with E-state index in [1.165, 1.54) is 12.1 Å². The summed E-state index contributed by atoms with van der Waals surface area (Å²) >= 11 is 0. The van der Waals surface area contributed by atoms with Crippen molar-refractivity contribution in [3.63, 3.8) is 0 Å². The summed E-state index contributed by atoms with van der Waals surface area (Å²) < 4.78 is 33.9. The topological polar surface area (TPSA) is 24.5 Å². The van der Waals surface area contributed by atoms with Crippen molar-refractivity contribution in [3.05, 3.63) is 29.3 Å². The van der Waals surface area contributed by atoms with Crippen LogP contribution >= 0.6 is 0 Å². The Balaban J connectivity index is 2.04. The summed E-state index contributed by atoms with van der Waals surface area (Å²) in [6.45, 7) is 4.63. The van der Waals surface area contributed by atoms with Crippen LogP contribution in [0.25, 0.3) is 0 Å². The fourth-order valence-electron chi connectivity index (χ4n) is 2.68. The van der Waals surface area contributed by atoms with Gasteiger partial charge in [-0.2, -0.15) is 0 Å². The third-order valence-electron chi connectivity index (χ3n) is 3.72. The average Bonchev–Trinajstić information content (AvgIpc) is 2.91. The third-order valence-corrected chi connectivity index (χ3v) is 3.72. The van der Waals surface area contributed by atoms with Crippen LogP contribution in [0.3, 0.4) is 0 Å². The number of anilines is 1. The monoisotopic (exact) mass is 298 g/mol. The van der Waals surface area contributed by atoms with Crippen LogP contribution in [0, 0.1) is 11.6 Å². The highest BCUT2D eigenvalue weighted by Gasteiger charge is 2.21. The molecule has 5 heteroatoms. The zero-order chi connectivity index (χ0) is 15.2. The van der Waals surface area contributed by atoms with Crippen molar-refractivity contribution in [1.29, 1.82) is 0 Å². The van der Waals surface area contributed by atoms with Gasteiger partial charge >= 0.3 is 0 Å². The van der Waals surface area contributed by atoms with Crippen LogP contribution in [0.5, 0.6) is 0 Å². The molecule has 0 radical (unpaired) electrons. The van der Waals surface area contributed by atoms with Crippen molar-refractivity contribution in [2.75, 3.05) is 31.6 Å². The molecule has 1 aliphatic heterocycles. The van der Waals surface area contributed by atoms with Crippen LogP contribution < -0.4 is 10.2 Å². The van der Waals surface area contributed by atoms with E-state index in [1.807, 2.05) is 0 Å². The van der Waals surface area contributed by atoms with E-state index in [4.69, 9.17) is 4.74 Å². The summed E-state index contributed by atoms with van der Waals surface area (Å²) in [6.07, 6.45) is 3.03. The van der Waals surface area contributed by atoms with E-state index in [2.05, 4.69) is 12.2 Å². The fraction of sp³-hybridized carbons (Fsp3) is 0.625. The van der Waals surface area contributed by atoms with Gasteiger partial charge in [-0.05, 0) is 43.5 Å². The molecular formula is C16H24F2N2O. The number of hydrogen-bond donors (Lipinski definition) is 1. The standard InChI is InChI=1S/C16H24F2N2O/c1-3-6-19-10-12-8-14(17)16(15(18)9-12)20(2)11-13-5-4-7-21-13/h8-9,13,19H,3-7,10-11H2,1-2H3. The minimum absolute atomic E-state index is 0.0322. The molecule has 1 aromatic rings. The van der Waals surface area contributed by atoms with Gasteiger partial charge in [-0.3, -0.25) is 0 Å². The molecule has 118 valence electrons. The predicted molar refractivity (Wildman–Crippen MR) is 80.6 cm³/mol. The van der Waals surface area contributed by atoms with E-state index in [-0.39, 0.29) is 11.8 Å². The second-order valence-electron chi connectivity index (χ2n) is 5.60. The largest absolute Gasteiger partial charge is 0.376 e. The lowest BCUT2D eigenvalue weighted by atomic mass is 10.1. The van der Waals surface area contributed by atoms with Crippen LogP contribution in [-0.2, 0) is 11.3 Å². The van der Waals surface area contributed by atoms with Crippen molar-refractivity contribution in [3.8, 4) is 0 Å². The quantitative estimate of drug-likeness (QED) is 0.783. The Morgan fingerprint density at radius 2 is 2.05 bits per heavy atom. The SMILES string of the molecule is CCCNCc1cc(F)c(N(C)CC2CCCO2)c(F)c1. The minimum atomic E-state index is -0.510. The second kappa shape index (κ2) is 7.71. The normalized spacial score (nSPS) is 18.2. The molecule has 0 aromatic heterocycles. The second-order valence-corrected chi connectivity index (χ2v) is 5.60. The summed E-state index contributed by atoms with van der Waals surface area (Å²) in [4.78, 5) is 1.61. The van der Waals surface area contributed by atoms with E-state index in [0.717, 1.165) is 32.4 Å². The highest BCUT2D eigenvalue weighted by Crippen LogP contribution is 2.25. The molecule has 1 unspecified atom stereocenters. The predicted octanol–water partition coefficient (Wildman–Crippen LogP) is 3.08.